The topological polar surface area (TPSA) is 82.4 Å². The van der Waals surface area contributed by atoms with Crippen molar-refractivity contribution < 1.29 is 9.90 Å². The van der Waals surface area contributed by atoms with E-state index >= 15 is 0 Å². The number of carboxylic acids is 1. The maximum atomic E-state index is 11.1. The van der Waals surface area contributed by atoms with Crippen molar-refractivity contribution in [2.45, 2.75) is 12.8 Å². The second-order valence-electron chi connectivity index (χ2n) is 5.03. The van der Waals surface area contributed by atoms with Gasteiger partial charge in [-0.1, -0.05) is 18.2 Å². The lowest BCUT2D eigenvalue weighted by Gasteiger charge is -2.20. The van der Waals surface area contributed by atoms with Gasteiger partial charge in [0.25, 0.3) is 0 Å². The van der Waals surface area contributed by atoms with Gasteiger partial charge in [-0.15, -0.1) is 0 Å². The number of anilines is 2. The highest BCUT2D eigenvalue weighted by atomic mass is 16.4. The third-order valence-corrected chi connectivity index (χ3v) is 3.72. The summed E-state index contributed by atoms with van der Waals surface area (Å²) in [6.07, 6.45) is 2.39. The molecule has 1 aliphatic rings. The summed E-state index contributed by atoms with van der Waals surface area (Å²) in [5, 5.41) is 9.10. The Morgan fingerprint density at radius 1 is 1.25 bits per heavy atom. The lowest BCUT2D eigenvalue weighted by molar-refractivity contribution is 0.0698. The molecule has 1 aliphatic heterocycles. The average Bonchev–Trinajstić information content (AvgIpc) is 3.07. The van der Waals surface area contributed by atoms with Crippen LogP contribution in [0.2, 0.25) is 0 Å². The van der Waals surface area contributed by atoms with Crippen molar-refractivity contribution in [2.24, 2.45) is 0 Å². The van der Waals surface area contributed by atoms with Crippen molar-refractivity contribution in [2.75, 3.05) is 23.7 Å². The summed E-state index contributed by atoms with van der Waals surface area (Å²) in [5.74, 6) is -0.813. The number of benzene rings is 1. The zero-order valence-corrected chi connectivity index (χ0v) is 11.1. The van der Waals surface area contributed by atoms with Crippen LogP contribution >= 0.6 is 0 Å². The highest BCUT2D eigenvalue weighted by Gasteiger charge is 2.19. The van der Waals surface area contributed by atoms with Crippen molar-refractivity contribution in [3.8, 4) is 11.3 Å². The normalized spacial score (nSPS) is 14.7. The minimum Gasteiger partial charge on any atom is -0.478 e. The Morgan fingerprint density at radius 2 is 1.95 bits per heavy atom. The first kappa shape index (κ1) is 12.6. The second-order valence-corrected chi connectivity index (χ2v) is 5.03. The van der Waals surface area contributed by atoms with Gasteiger partial charge in [0.1, 0.15) is 11.4 Å². The molecule has 3 rings (SSSR count). The number of hydrogen-bond acceptors (Lipinski definition) is 3. The van der Waals surface area contributed by atoms with Gasteiger partial charge in [0.05, 0.1) is 0 Å². The first-order chi connectivity index (χ1) is 9.66. The van der Waals surface area contributed by atoms with Crippen molar-refractivity contribution in [1.29, 1.82) is 0 Å². The molecule has 2 heterocycles. The maximum absolute atomic E-state index is 11.1. The Morgan fingerprint density at radius 3 is 2.60 bits per heavy atom. The zero-order chi connectivity index (χ0) is 14.1. The molecule has 1 saturated heterocycles. The standard InChI is InChI=1S/C15H17N3O2/c16-14-11(15(19)20)9-12(17-14)10-5-1-2-6-13(10)18-7-3-4-8-18/h1-2,5-6,9,17H,3-4,7-8,16H2,(H,19,20). The zero-order valence-electron chi connectivity index (χ0n) is 11.1. The summed E-state index contributed by atoms with van der Waals surface area (Å²) in [7, 11) is 0. The molecule has 4 N–H and O–H groups in total. The van der Waals surface area contributed by atoms with Crippen LogP contribution in [0.1, 0.15) is 23.2 Å². The van der Waals surface area contributed by atoms with Gasteiger partial charge >= 0.3 is 5.97 Å². The number of aromatic amines is 1. The summed E-state index contributed by atoms with van der Waals surface area (Å²) in [4.78, 5) is 16.4. The molecule has 104 valence electrons. The van der Waals surface area contributed by atoms with Gasteiger partial charge in [-0.2, -0.15) is 0 Å². The van der Waals surface area contributed by atoms with Crippen LogP contribution in [0.3, 0.4) is 0 Å². The summed E-state index contributed by atoms with van der Waals surface area (Å²) < 4.78 is 0. The number of carboxylic acid groups (broad SMARTS) is 1. The number of nitrogens with zero attached hydrogens (tertiary/aromatic N) is 1. The molecule has 0 bridgehead atoms. The summed E-state index contributed by atoms with van der Waals surface area (Å²) in [5.41, 5.74) is 8.73. The lowest BCUT2D eigenvalue weighted by Crippen LogP contribution is -2.18. The predicted molar refractivity (Wildman–Crippen MR) is 79.0 cm³/mol. The first-order valence-corrected chi connectivity index (χ1v) is 6.73. The fourth-order valence-corrected chi connectivity index (χ4v) is 2.73. The number of hydrogen-bond donors (Lipinski definition) is 3. The number of nitrogen functional groups attached to an aromatic ring is 1. The average molecular weight is 271 g/mol. The Bertz CT molecular complexity index is 642. The number of rotatable bonds is 3. The molecule has 0 unspecified atom stereocenters. The van der Waals surface area contributed by atoms with Gasteiger partial charge in [-0.05, 0) is 25.0 Å². The van der Waals surface area contributed by atoms with Crippen LogP contribution in [-0.2, 0) is 0 Å². The van der Waals surface area contributed by atoms with Gasteiger partial charge in [-0.25, -0.2) is 4.79 Å². The van der Waals surface area contributed by atoms with Crippen LogP contribution in [0.4, 0.5) is 11.5 Å². The Hall–Kier alpha value is -2.43. The molecule has 0 aliphatic carbocycles. The SMILES string of the molecule is Nc1[nH]c(-c2ccccc2N2CCCC2)cc1C(=O)O. The number of para-hydroxylation sites is 1. The lowest BCUT2D eigenvalue weighted by atomic mass is 10.1. The van der Waals surface area contributed by atoms with Gasteiger partial charge in [0.15, 0.2) is 0 Å². The van der Waals surface area contributed by atoms with Crippen LogP contribution < -0.4 is 10.6 Å². The molecule has 0 amide bonds. The Labute approximate surface area is 117 Å². The fourth-order valence-electron chi connectivity index (χ4n) is 2.73. The van der Waals surface area contributed by atoms with E-state index in [2.05, 4.69) is 16.0 Å². The van der Waals surface area contributed by atoms with E-state index in [9.17, 15) is 4.79 Å². The Balaban J connectivity index is 2.05. The van der Waals surface area contributed by atoms with Crippen LogP contribution in [0.5, 0.6) is 0 Å². The molecule has 5 nitrogen and oxygen atoms in total. The first-order valence-electron chi connectivity index (χ1n) is 6.73. The third-order valence-electron chi connectivity index (χ3n) is 3.72. The van der Waals surface area contributed by atoms with Crippen molar-refractivity contribution in [1.82, 2.24) is 4.98 Å². The molecular formula is C15H17N3O2. The van der Waals surface area contributed by atoms with Gasteiger partial charge in [0.2, 0.25) is 0 Å². The molecule has 0 saturated carbocycles. The summed E-state index contributed by atoms with van der Waals surface area (Å²) in [6.45, 7) is 2.08. The predicted octanol–water partition coefficient (Wildman–Crippen LogP) is 2.56. The van der Waals surface area contributed by atoms with Crippen LogP contribution in [0.25, 0.3) is 11.3 Å². The number of nitrogens with two attached hydrogens (primary N) is 1. The highest BCUT2D eigenvalue weighted by Crippen LogP contribution is 2.33. The molecule has 20 heavy (non-hydrogen) atoms. The molecular weight excluding hydrogens is 254 g/mol. The van der Waals surface area contributed by atoms with Crippen molar-refractivity contribution in [3.63, 3.8) is 0 Å². The number of nitrogens with one attached hydrogen (secondary N) is 1. The van der Waals surface area contributed by atoms with E-state index in [4.69, 9.17) is 10.8 Å². The maximum Gasteiger partial charge on any atom is 0.339 e. The van der Waals surface area contributed by atoms with Gasteiger partial charge in [0, 0.05) is 30.0 Å². The van der Waals surface area contributed by atoms with E-state index in [1.807, 2.05) is 18.2 Å². The van der Waals surface area contributed by atoms with E-state index in [0.717, 1.165) is 30.0 Å². The molecule has 0 atom stereocenters. The smallest absolute Gasteiger partial charge is 0.339 e. The molecule has 0 radical (unpaired) electrons. The van der Waals surface area contributed by atoms with Gasteiger partial charge in [-0.3, -0.25) is 0 Å². The molecule has 2 aromatic rings. The molecule has 1 aromatic carbocycles. The van der Waals surface area contributed by atoms with E-state index in [1.54, 1.807) is 6.07 Å². The number of H-pyrrole nitrogens is 1. The van der Waals surface area contributed by atoms with E-state index in [1.165, 1.54) is 12.8 Å². The van der Waals surface area contributed by atoms with Gasteiger partial charge < -0.3 is 20.7 Å². The van der Waals surface area contributed by atoms with E-state index < -0.39 is 5.97 Å². The van der Waals surface area contributed by atoms with Crippen molar-refractivity contribution in [3.05, 3.63) is 35.9 Å². The number of aromatic nitrogens is 1. The molecule has 5 heteroatoms. The number of aromatic carboxylic acids is 1. The van der Waals surface area contributed by atoms with Crippen LogP contribution in [-0.4, -0.2) is 29.1 Å². The largest absolute Gasteiger partial charge is 0.478 e. The minimum absolute atomic E-state index is 0.122. The monoisotopic (exact) mass is 271 g/mol. The molecule has 1 fully saturated rings. The number of carbonyl (C=O) groups is 1. The Kier molecular flexibility index (Phi) is 3.10. The summed E-state index contributed by atoms with van der Waals surface area (Å²) in [6, 6.07) is 9.61. The fraction of sp³-hybridized carbons (Fsp3) is 0.267. The van der Waals surface area contributed by atoms with Crippen molar-refractivity contribution >= 4 is 17.5 Å². The molecule has 0 spiro atoms. The molecule has 1 aromatic heterocycles. The van der Waals surface area contributed by atoms with E-state index in [0.29, 0.717) is 0 Å². The minimum atomic E-state index is -1.01. The highest BCUT2D eigenvalue weighted by molar-refractivity contribution is 5.95. The summed E-state index contributed by atoms with van der Waals surface area (Å²) >= 11 is 0. The van der Waals surface area contributed by atoms with Crippen LogP contribution in [0.15, 0.2) is 30.3 Å². The quantitative estimate of drug-likeness (QED) is 0.801. The second kappa shape index (κ2) is 4.92. The van der Waals surface area contributed by atoms with Crippen LogP contribution in [0, 0.1) is 0 Å². The van der Waals surface area contributed by atoms with E-state index in [-0.39, 0.29) is 11.4 Å². The third kappa shape index (κ3) is 2.11.